The number of aliphatic carboxylic acids is 1. The van der Waals surface area contributed by atoms with Crippen molar-refractivity contribution in [2.75, 3.05) is 0 Å². The number of rotatable bonds is 3. The molecule has 2 N–H and O–H groups in total. The van der Waals surface area contributed by atoms with Crippen molar-refractivity contribution in [1.82, 2.24) is 4.98 Å². The smallest absolute Gasteiger partial charge is 0.303 e. The van der Waals surface area contributed by atoms with Gasteiger partial charge in [-0.1, -0.05) is 6.07 Å². The van der Waals surface area contributed by atoms with Crippen LogP contribution in [0.2, 0.25) is 0 Å². The number of hydrogen-bond donors (Lipinski definition) is 2. The molecule has 0 fully saturated rings. The number of fused-ring (bicyclic) bond motifs is 1. The zero-order chi connectivity index (χ0) is 9.97. The summed E-state index contributed by atoms with van der Waals surface area (Å²) < 4.78 is 0. The number of carboxylic acids is 1. The largest absolute Gasteiger partial charge is 0.481 e. The highest BCUT2D eigenvalue weighted by Gasteiger charge is 2.00. The summed E-state index contributed by atoms with van der Waals surface area (Å²) in [6, 6.07) is 7.95. The van der Waals surface area contributed by atoms with E-state index >= 15 is 0 Å². The van der Waals surface area contributed by atoms with Crippen LogP contribution < -0.4 is 0 Å². The molecule has 1 aromatic carbocycles. The third kappa shape index (κ3) is 1.76. The van der Waals surface area contributed by atoms with Crippen LogP contribution in [0.1, 0.15) is 12.0 Å². The zero-order valence-corrected chi connectivity index (χ0v) is 7.66. The van der Waals surface area contributed by atoms with Gasteiger partial charge in [-0.3, -0.25) is 4.79 Å². The van der Waals surface area contributed by atoms with Crippen LogP contribution in [0.25, 0.3) is 10.9 Å². The second-order valence-corrected chi connectivity index (χ2v) is 3.29. The van der Waals surface area contributed by atoms with E-state index in [4.69, 9.17) is 5.11 Å². The summed E-state index contributed by atoms with van der Waals surface area (Å²) in [5.41, 5.74) is 2.16. The van der Waals surface area contributed by atoms with Crippen LogP contribution in [0.15, 0.2) is 30.5 Å². The molecule has 0 radical (unpaired) electrons. The molecule has 0 aliphatic carbocycles. The van der Waals surface area contributed by atoms with E-state index in [-0.39, 0.29) is 6.42 Å². The number of hydrogen-bond acceptors (Lipinski definition) is 1. The average molecular weight is 189 g/mol. The molecule has 1 heterocycles. The Bertz CT molecular complexity index is 459. The maximum Gasteiger partial charge on any atom is 0.303 e. The lowest BCUT2D eigenvalue weighted by atomic mass is 10.1. The molecule has 0 bridgehead atoms. The van der Waals surface area contributed by atoms with Crippen molar-refractivity contribution in [2.24, 2.45) is 0 Å². The van der Waals surface area contributed by atoms with Gasteiger partial charge in [0.15, 0.2) is 0 Å². The molecule has 14 heavy (non-hydrogen) atoms. The predicted octanol–water partition coefficient (Wildman–Crippen LogP) is 2.19. The molecule has 1 aromatic heterocycles. The highest BCUT2D eigenvalue weighted by Crippen LogP contribution is 2.15. The van der Waals surface area contributed by atoms with E-state index in [1.807, 2.05) is 30.5 Å². The van der Waals surface area contributed by atoms with E-state index < -0.39 is 5.97 Å². The molecular formula is C11H11NO2. The third-order valence-electron chi connectivity index (χ3n) is 2.25. The minimum atomic E-state index is -0.751. The Labute approximate surface area is 81.4 Å². The first kappa shape index (κ1) is 8.81. The predicted molar refractivity (Wildman–Crippen MR) is 54.3 cm³/mol. The topological polar surface area (TPSA) is 53.1 Å². The van der Waals surface area contributed by atoms with Gasteiger partial charge in [0.05, 0.1) is 0 Å². The van der Waals surface area contributed by atoms with E-state index in [0.29, 0.717) is 6.42 Å². The van der Waals surface area contributed by atoms with Crippen molar-refractivity contribution in [3.05, 3.63) is 36.0 Å². The van der Waals surface area contributed by atoms with E-state index in [0.717, 1.165) is 16.5 Å². The summed E-state index contributed by atoms with van der Waals surface area (Å²) in [6.45, 7) is 0. The van der Waals surface area contributed by atoms with Gasteiger partial charge in [0.2, 0.25) is 0 Å². The lowest BCUT2D eigenvalue weighted by molar-refractivity contribution is -0.136. The first-order chi connectivity index (χ1) is 6.75. The van der Waals surface area contributed by atoms with Gasteiger partial charge in [-0.05, 0) is 35.6 Å². The third-order valence-corrected chi connectivity index (χ3v) is 2.25. The summed E-state index contributed by atoms with van der Waals surface area (Å²) in [4.78, 5) is 13.5. The maximum atomic E-state index is 10.4. The van der Waals surface area contributed by atoms with Crippen LogP contribution >= 0.6 is 0 Å². The van der Waals surface area contributed by atoms with Crippen LogP contribution in [0.3, 0.4) is 0 Å². The molecular weight excluding hydrogens is 178 g/mol. The van der Waals surface area contributed by atoms with Crippen molar-refractivity contribution in [1.29, 1.82) is 0 Å². The molecule has 0 atom stereocenters. The molecule has 0 amide bonds. The van der Waals surface area contributed by atoms with Crippen molar-refractivity contribution >= 4 is 16.9 Å². The Morgan fingerprint density at radius 1 is 1.36 bits per heavy atom. The fourth-order valence-corrected chi connectivity index (χ4v) is 1.51. The standard InChI is InChI=1S/C11H11NO2/c13-11(14)4-2-8-1-3-10-9(7-8)5-6-12-10/h1,3,5-7,12H,2,4H2,(H,13,14). The number of benzene rings is 1. The first-order valence-electron chi connectivity index (χ1n) is 4.53. The summed E-state index contributed by atoms with van der Waals surface area (Å²) in [6.07, 6.45) is 2.66. The summed E-state index contributed by atoms with van der Waals surface area (Å²) in [7, 11) is 0. The monoisotopic (exact) mass is 189 g/mol. The highest BCUT2D eigenvalue weighted by molar-refractivity contribution is 5.80. The molecule has 72 valence electrons. The van der Waals surface area contributed by atoms with Crippen LogP contribution in [-0.4, -0.2) is 16.1 Å². The van der Waals surface area contributed by atoms with Crippen molar-refractivity contribution in [3.63, 3.8) is 0 Å². The SMILES string of the molecule is O=C(O)CCc1ccc2[nH]ccc2c1. The van der Waals surface area contributed by atoms with Crippen LogP contribution in [0.5, 0.6) is 0 Å². The van der Waals surface area contributed by atoms with E-state index in [9.17, 15) is 4.79 Å². The quantitative estimate of drug-likeness (QED) is 0.777. The summed E-state index contributed by atoms with van der Waals surface area (Å²) in [5, 5.41) is 9.67. The second-order valence-electron chi connectivity index (χ2n) is 3.29. The molecule has 3 nitrogen and oxygen atoms in total. The van der Waals surface area contributed by atoms with Gasteiger partial charge >= 0.3 is 5.97 Å². The minimum absolute atomic E-state index is 0.190. The molecule has 0 aliphatic rings. The fourth-order valence-electron chi connectivity index (χ4n) is 1.51. The Morgan fingerprint density at radius 2 is 2.21 bits per heavy atom. The van der Waals surface area contributed by atoms with Gasteiger partial charge in [0.1, 0.15) is 0 Å². The van der Waals surface area contributed by atoms with Crippen LogP contribution in [0.4, 0.5) is 0 Å². The number of aromatic amines is 1. The lowest BCUT2D eigenvalue weighted by Gasteiger charge is -1.98. The fraction of sp³-hybridized carbons (Fsp3) is 0.182. The molecule has 0 saturated heterocycles. The van der Waals surface area contributed by atoms with Gasteiger partial charge in [-0.25, -0.2) is 0 Å². The summed E-state index contributed by atoms with van der Waals surface area (Å²) in [5.74, 6) is -0.751. The van der Waals surface area contributed by atoms with Crippen molar-refractivity contribution in [2.45, 2.75) is 12.8 Å². The van der Waals surface area contributed by atoms with E-state index in [1.165, 1.54) is 0 Å². The number of carboxylic acid groups (broad SMARTS) is 1. The molecule has 0 saturated carbocycles. The molecule has 0 aliphatic heterocycles. The van der Waals surface area contributed by atoms with Crippen LogP contribution in [0, 0.1) is 0 Å². The number of aromatic nitrogens is 1. The zero-order valence-electron chi connectivity index (χ0n) is 7.66. The van der Waals surface area contributed by atoms with Gasteiger partial charge in [-0.2, -0.15) is 0 Å². The second kappa shape index (κ2) is 3.54. The van der Waals surface area contributed by atoms with Crippen molar-refractivity contribution < 1.29 is 9.90 Å². The molecule has 2 rings (SSSR count). The average Bonchev–Trinajstić information content (AvgIpc) is 2.61. The van der Waals surface area contributed by atoms with E-state index in [2.05, 4.69) is 4.98 Å². The number of H-pyrrole nitrogens is 1. The number of aryl methyl sites for hydroxylation is 1. The Morgan fingerprint density at radius 3 is 3.00 bits per heavy atom. The van der Waals surface area contributed by atoms with Crippen molar-refractivity contribution in [3.8, 4) is 0 Å². The lowest BCUT2D eigenvalue weighted by Crippen LogP contribution is -1.96. The Hall–Kier alpha value is -1.77. The van der Waals surface area contributed by atoms with Gasteiger partial charge in [0, 0.05) is 18.1 Å². The Balaban J connectivity index is 2.21. The van der Waals surface area contributed by atoms with Gasteiger partial charge < -0.3 is 10.1 Å². The normalized spacial score (nSPS) is 10.6. The molecule has 0 unspecified atom stereocenters. The molecule has 0 spiro atoms. The molecule has 3 heteroatoms. The number of nitrogens with one attached hydrogen (secondary N) is 1. The summed E-state index contributed by atoms with van der Waals surface area (Å²) >= 11 is 0. The minimum Gasteiger partial charge on any atom is -0.481 e. The Kier molecular flexibility index (Phi) is 2.23. The first-order valence-corrected chi connectivity index (χ1v) is 4.53. The van der Waals surface area contributed by atoms with Crippen LogP contribution in [-0.2, 0) is 11.2 Å². The maximum absolute atomic E-state index is 10.4. The highest BCUT2D eigenvalue weighted by atomic mass is 16.4. The van der Waals surface area contributed by atoms with Gasteiger partial charge in [0.25, 0.3) is 0 Å². The molecule has 2 aromatic rings. The van der Waals surface area contributed by atoms with E-state index in [1.54, 1.807) is 0 Å². The van der Waals surface area contributed by atoms with Gasteiger partial charge in [-0.15, -0.1) is 0 Å². The number of carbonyl (C=O) groups is 1.